The number of esters is 1. The highest BCUT2D eigenvalue weighted by Gasteiger charge is 2.09. The fourth-order valence-electron chi connectivity index (χ4n) is 1.87. The summed E-state index contributed by atoms with van der Waals surface area (Å²) in [5, 5.41) is 0. The summed E-state index contributed by atoms with van der Waals surface area (Å²) in [5.41, 5.74) is 0.819. The topological polar surface area (TPSA) is 44.8 Å². The molecule has 1 rings (SSSR count). The first-order valence-electron chi connectivity index (χ1n) is 8.46. The molecule has 23 heavy (non-hydrogen) atoms. The Morgan fingerprint density at radius 1 is 1.00 bits per heavy atom. The first-order chi connectivity index (χ1) is 11.2. The number of carbonyl (C=O) groups is 1. The van der Waals surface area contributed by atoms with Crippen LogP contribution in [0, 0.1) is 0 Å². The van der Waals surface area contributed by atoms with E-state index in [1.54, 1.807) is 6.08 Å². The summed E-state index contributed by atoms with van der Waals surface area (Å²) in [4.78, 5) is 11.7. The molecular weight excluding hydrogens is 292 g/mol. The summed E-state index contributed by atoms with van der Waals surface area (Å²) in [5.74, 6) is 1.06. The van der Waals surface area contributed by atoms with Crippen molar-refractivity contribution >= 4 is 12.0 Å². The molecule has 4 nitrogen and oxygen atoms in total. The van der Waals surface area contributed by atoms with E-state index in [2.05, 4.69) is 20.8 Å². The molecule has 4 heteroatoms. The minimum absolute atomic E-state index is 0.334. The zero-order valence-corrected chi connectivity index (χ0v) is 14.5. The lowest BCUT2D eigenvalue weighted by Crippen LogP contribution is -2.03. The monoisotopic (exact) mass is 320 g/mol. The van der Waals surface area contributed by atoms with E-state index in [1.807, 2.05) is 18.2 Å². The standard InChI is InChI=1S/C19H28O4/c1-4-7-15-22-18(20)12-11-16-9-8-10-17(21-13-5-2)19(16)23-14-6-3/h8-12H,4-7,13-15H2,1-3H3. The number of benzene rings is 1. The maximum atomic E-state index is 11.7. The van der Waals surface area contributed by atoms with E-state index >= 15 is 0 Å². The number of rotatable bonds is 11. The van der Waals surface area contributed by atoms with E-state index in [9.17, 15) is 4.79 Å². The Labute approximate surface area is 139 Å². The van der Waals surface area contributed by atoms with Crippen LogP contribution in [0.25, 0.3) is 6.08 Å². The zero-order chi connectivity index (χ0) is 16.9. The molecule has 0 fully saturated rings. The zero-order valence-electron chi connectivity index (χ0n) is 14.5. The van der Waals surface area contributed by atoms with Crippen molar-refractivity contribution in [3.8, 4) is 11.5 Å². The normalized spacial score (nSPS) is 10.7. The van der Waals surface area contributed by atoms with Gasteiger partial charge in [0.2, 0.25) is 0 Å². The van der Waals surface area contributed by atoms with Crippen molar-refractivity contribution in [3.63, 3.8) is 0 Å². The minimum Gasteiger partial charge on any atom is -0.490 e. The van der Waals surface area contributed by atoms with E-state index in [4.69, 9.17) is 14.2 Å². The van der Waals surface area contributed by atoms with Crippen molar-refractivity contribution < 1.29 is 19.0 Å². The average Bonchev–Trinajstić information content (AvgIpc) is 2.57. The van der Waals surface area contributed by atoms with E-state index in [1.165, 1.54) is 6.08 Å². The Balaban J connectivity index is 2.84. The van der Waals surface area contributed by atoms with Crippen molar-refractivity contribution in [1.29, 1.82) is 0 Å². The van der Waals surface area contributed by atoms with E-state index in [0.717, 1.165) is 31.2 Å². The van der Waals surface area contributed by atoms with Crippen molar-refractivity contribution in [1.82, 2.24) is 0 Å². The third-order valence-corrected chi connectivity index (χ3v) is 3.06. The van der Waals surface area contributed by atoms with Crippen molar-refractivity contribution in [2.45, 2.75) is 46.5 Å². The van der Waals surface area contributed by atoms with Gasteiger partial charge in [0.05, 0.1) is 19.8 Å². The molecule has 1 aromatic carbocycles. The molecule has 0 spiro atoms. The van der Waals surface area contributed by atoms with Gasteiger partial charge in [0.15, 0.2) is 11.5 Å². The Hall–Kier alpha value is -1.97. The van der Waals surface area contributed by atoms with Gasteiger partial charge in [-0.25, -0.2) is 4.79 Å². The highest BCUT2D eigenvalue weighted by molar-refractivity contribution is 5.87. The van der Waals surface area contributed by atoms with E-state index in [-0.39, 0.29) is 5.97 Å². The maximum Gasteiger partial charge on any atom is 0.330 e. The number of unbranched alkanes of at least 4 members (excludes halogenated alkanes) is 1. The lowest BCUT2D eigenvalue weighted by molar-refractivity contribution is -0.137. The molecule has 0 aromatic heterocycles. The van der Waals surface area contributed by atoms with Crippen LogP contribution in [0.2, 0.25) is 0 Å². The second-order valence-electron chi connectivity index (χ2n) is 5.23. The van der Waals surface area contributed by atoms with Gasteiger partial charge in [-0.3, -0.25) is 0 Å². The van der Waals surface area contributed by atoms with Gasteiger partial charge in [0, 0.05) is 11.6 Å². The van der Waals surface area contributed by atoms with Gasteiger partial charge in [-0.15, -0.1) is 0 Å². The molecule has 0 unspecified atom stereocenters. The second kappa shape index (κ2) is 11.6. The SMILES string of the molecule is CCCCOC(=O)C=Cc1cccc(OCCC)c1OCCC. The largest absolute Gasteiger partial charge is 0.490 e. The first-order valence-corrected chi connectivity index (χ1v) is 8.46. The molecule has 0 aliphatic rings. The molecule has 0 amide bonds. The van der Waals surface area contributed by atoms with Gasteiger partial charge in [-0.1, -0.05) is 39.3 Å². The number of carbonyl (C=O) groups excluding carboxylic acids is 1. The predicted octanol–water partition coefficient (Wildman–Crippen LogP) is 4.62. The van der Waals surface area contributed by atoms with Gasteiger partial charge in [0.25, 0.3) is 0 Å². The summed E-state index contributed by atoms with van der Waals surface area (Å²) in [6, 6.07) is 5.68. The van der Waals surface area contributed by atoms with E-state index < -0.39 is 0 Å². The Morgan fingerprint density at radius 3 is 2.43 bits per heavy atom. The molecule has 0 N–H and O–H groups in total. The third-order valence-electron chi connectivity index (χ3n) is 3.06. The summed E-state index contributed by atoms with van der Waals surface area (Å²) < 4.78 is 16.7. The molecule has 1 aromatic rings. The van der Waals surface area contributed by atoms with Crippen LogP contribution in [-0.2, 0) is 9.53 Å². The molecule has 0 saturated heterocycles. The quantitative estimate of drug-likeness (QED) is 0.339. The van der Waals surface area contributed by atoms with Crippen molar-refractivity contribution in [3.05, 3.63) is 29.8 Å². The lowest BCUT2D eigenvalue weighted by Gasteiger charge is -2.14. The van der Waals surface area contributed by atoms with Crippen LogP contribution in [-0.4, -0.2) is 25.8 Å². The molecule has 0 aliphatic heterocycles. The average molecular weight is 320 g/mol. The molecule has 0 saturated carbocycles. The molecular formula is C19H28O4. The summed E-state index contributed by atoms with van der Waals surface area (Å²) in [7, 11) is 0. The van der Waals surface area contributed by atoms with Crippen LogP contribution in [0.15, 0.2) is 24.3 Å². The second-order valence-corrected chi connectivity index (χ2v) is 5.23. The van der Waals surface area contributed by atoms with Gasteiger partial charge in [0.1, 0.15) is 0 Å². The van der Waals surface area contributed by atoms with Gasteiger partial charge < -0.3 is 14.2 Å². The molecule has 0 bridgehead atoms. The highest BCUT2D eigenvalue weighted by Crippen LogP contribution is 2.32. The predicted molar refractivity (Wildman–Crippen MR) is 92.9 cm³/mol. The number of ether oxygens (including phenoxy) is 3. The first kappa shape index (κ1) is 19.1. The third kappa shape index (κ3) is 7.22. The van der Waals surface area contributed by atoms with Crippen LogP contribution in [0.4, 0.5) is 0 Å². The number of hydrogen-bond acceptors (Lipinski definition) is 4. The summed E-state index contributed by atoms with van der Waals surface area (Å²) >= 11 is 0. The van der Waals surface area contributed by atoms with Crippen LogP contribution < -0.4 is 9.47 Å². The summed E-state index contributed by atoms with van der Waals surface area (Å²) in [6.07, 6.45) is 6.88. The van der Waals surface area contributed by atoms with Gasteiger partial charge in [-0.05, 0) is 31.4 Å². The van der Waals surface area contributed by atoms with Crippen LogP contribution in [0.5, 0.6) is 11.5 Å². The fourth-order valence-corrected chi connectivity index (χ4v) is 1.87. The molecule has 0 radical (unpaired) electrons. The van der Waals surface area contributed by atoms with Crippen LogP contribution in [0.3, 0.4) is 0 Å². The molecule has 128 valence electrons. The van der Waals surface area contributed by atoms with Crippen LogP contribution >= 0.6 is 0 Å². The minimum atomic E-state index is -0.334. The fraction of sp³-hybridized carbons (Fsp3) is 0.526. The maximum absolute atomic E-state index is 11.7. The summed E-state index contributed by atoms with van der Waals surface area (Å²) in [6.45, 7) is 7.86. The Bertz CT molecular complexity index is 494. The lowest BCUT2D eigenvalue weighted by atomic mass is 10.1. The Kier molecular flexibility index (Phi) is 9.60. The number of hydrogen-bond donors (Lipinski definition) is 0. The van der Waals surface area contributed by atoms with Gasteiger partial charge >= 0.3 is 5.97 Å². The highest BCUT2D eigenvalue weighted by atomic mass is 16.5. The van der Waals surface area contributed by atoms with Crippen LogP contribution in [0.1, 0.15) is 52.0 Å². The molecule has 0 aliphatic carbocycles. The number of para-hydroxylation sites is 1. The Morgan fingerprint density at radius 2 is 1.74 bits per heavy atom. The van der Waals surface area contributed by atoms with Crippen molar-refractivity contribution in [2.24, 2.45) is 0 Å². The molecule has 0 heterocycles. The van der Waals surface area contributed by atoms with E-state index in [0.29, 0.717) is 31.3 Å². The molecule has 0 atom stereocenters. The smallest absolute Gasteiger partial charge is 0.330 e. The van der Waals surface area contributed by atoms with Gasteiger partial charge in [-0.2, -0.15) is 0 Å². The van der Waals surface area contributed by atoms with Crippen molar-refractivity contribution in [2.75, 3.05) is 19.8 Å².